The first-order chi connectivity index (χ1) is 13.3. The van der Waals surface area contributed by atoms with Crippen molar-refractivity contribution in [3.05, 3.63) is 28.8 Å². The summed E-state index contributed by atoms with van der Waals surface area (Å²) in [5, 5.41) is 12.7. The zero-order valence-corrected chi connectivity index (χ0v) is 18.5. The van der Waals surface area contributed by atoms with E-state index in [1.54, 1.807) is 6.92 Å². The van der Waals surface area contributed by atoms with Gasteiger partial charge in [0.2, 0.25) is 0 Å². The van der Waals surface area contributed by atoms with Gasteiger partial charge in [0, 0.05) is 6.42 Å². The lowest BCUT2D eigenvalue weighted by atomic mass is 9.78. The molecule has 2 N–H and O–H groups in total. The molecule has 162 valence electrons. The monoisotopic (exact) mass is 407 g/mol. The first-order valence-electron chi connectivity index (χ1n) is 9.74. The van der Waals surface area contributed by atoms with Crippen molar-refractivity contribution in [1.82, 2.24) is 5.32 Å². The molecular weight excluding hydrogens is 374 g/mol. The highest BCUT2D eigenvalue weighted by Crippen LogP contribution is 2.39. The van der Waals surface area contributed by atoms with Crippen molar-refractivity contribution in [3.63, 3.8) is 0 Å². The van der Waals surface area contributed by atoms with Crippen LogP contribution in [0.3, 0.4) is 0 Å². The lowest BCUT2D eigenvalue weighted by Crippen LogP contribution is -2.34. The van der Waals surface area contributed by atoms with E-state index >= 15 is 0 Å². The van der Waals surface area contributed by atoms with Crippen LogP contribution in [0.25, 0.3) is 0 Å². The summed E-state index contributed by atoms with van der Waals surface area (Å²) in [4.78, 5) is 34.7. The van der Waals surface area contributed by atoms with Gasteiger partial charge in [-0.2, -0.15) is 0 Å². The van der Waals surface area contributed by atoms with E-state index in [9.17, 15) is 19.5 Å². The topological polar surface area (TPSA) is 102 Å². The highest BCUT2D eigenvalue weighted by atomic mass is 16.6. The van der Waals surface area contributed by atoms with Crippen LogP contribution in [0.15, 0.2) is 12.1 Å². The van der Waals surface area contributed by atoms with Crippen LogP contribution in [0.4, 0.5) is 4.79 Å². The number of carbonyl (C=O) groups is 3. The van der Waals surface area contributed by atoms with E-state index in [4.69, 9.17) is 4.74 Å². The van der Waals surface area contributed by atoms with Crippen molar-refractivity contribution in [2.24, 2.45) is 0 Å². The molecule has 29 heavy (non-hydrogen) atoms. The van der Waals surface area contributed by atoms with Crippen molar-refractivity contribution in [2.75, 3.05) is 13.2 Å². The number of hydrogen-bond acceptors (Lipinski definition) is 6. The highest BCUT2D eigenvalue weighted by molar-refractivity contribution is 5.93. The van der Waals surface area contributed by atoms with E-state index in [1.807, 2.05) is 59.0 Å². The van der Waals surface area contributed by atoms with Gasteiger partial charge in [-0.1, -0.05) is 53.7 Å². The number of rotatable bonds is 6. The normalized spacial score (nSPS) is 11.7. The lowest BCUT2D eigenvalue weighted by Gasteiger charge is -2.28. The zero-order valence-electron chi connectivity index (χ0n) is 18.5. The first-order valence-corrected chi connectivity index (χ1v) is 9.74. The Kier molecular flexibility index (Phi) is 8.24. The second-order valence-corrected chi connectivity index (χ2v) is 8.97. The number of imide groups is 1. The number of benzene rings is 1. The number of nitrogens with one attached hydrogen (secondary N) is 1. The van der Waals surface area contributed by atoms with Crippen molar-refractivity contribution >= 4 is 18.0 Å². The molecule has 1 aromatic rings. The molecule has 0 saturated carbocycles. The predicted molar refractivity (Wildman–Crippen MR) is 110 cm³/mol. The number of carbonyl (C=O) groups excluding carboxylic acids is 3. The van der Waals surface area contributed by atoms with Crippen LogP contribution in [0.2, 0.25) is 0 Å². The largest absolute Gasteiger partial charge is 0.507 e. The first kappa shape index (κ1) is 24.5. The second kappa shape index (κ2) is 9.76. The van der Waals surface area contributed by atoms with Gasteiger partial charge in [0.25, 0.3) is 5.91 Å². The molecule has 0 bridgehead atoms. The molecule has 2 amide bonds. The average Bonchev–Trinajstić information content (AvgIpc) is 2.57. The summed E-state index contributed by atoms with van der Waals surface area (Å²) < 4.78 is 9.49. The Balaban J connectivity index is 2.80. The molecule has 0 aromatic heterocycles. The molecule has 1 rings (SSSR count). The Morgan fingerprint density at radius 1 is 0.966 bits per heavy atom. The molecule has 0 spiro atoms. The third-order valence-electron chi connectivity index (χ3n) is 4.28. The molecule has 7 nitrogen and oxygen atoms in total. The second-order valence-electron chi connectivity index (χ2n) is 8.97. The Morgan fingerprint density at radius 2 is 1.48 bits per heavy atom. The number of hydrogen-bond donors (Lipinski definition) is 2. The molecule has 0 unspecified atom stereocenters. The molecule has 0 fully saturated rings. The predicted octanol–water partition coefficient (Wildman–Crippen LogP) is 3.74. The van der Waals surface area contributed by atoms with Gasteiger partial charge in [-0.15, -0.1) is 0 Å². The summed E-state index contributed by atoms with van der Waals surface area (Å²) in [7, 11) is 0. The third kappa shape index (κ3) is 7.75. The minimum absolute atomic E-state index is 0.0740. The molecule has 0 aliphatic rings. The fraction of sp³-hybridized carbons (Fsp3) is 0.591. The van der Waals surface area contributed by atoms with Gasteiger partial charge in [-0.25, -0.2) is 4.79 Å². The third-order valence-corrected chi connectivity index (χ3v) is 4.28. The standard InChI is InChI=1S/C22H33NO6/c1-8-28-20(27)23-17(24)13-29-18(25)10-9-14-11-15(21(2,3)4)19(26)16(12-14)22(5,6)7/h11-12,26H,8-10,13H2,1-7H3,(H,23,24,27). The maximum Gasteiger partial charge on any atom is 0.413 e. The highest BCUT2D eigenvalue weighted by Gasteiger charge is 2.26. The van der Waals surface area contributed by atoms with Crippen molar-refractivity contribution in [1.29, 1.82) is 0 Å². The zero-order chi connectivity index (χ0) is 22.4. The van der Waals surface area contributed by atoms with E-state index in [1.165, 1.54) is 0 Å². The summed E-state index contributed by atoms with van der Waals surface area (Å²) in [5.41, 5.74) is 2.03. The summed E-state index contributed by atoms with van der Waals surface area (Å²) >= 11 is 0. The number of ether oxygens (including phenoxy) is 2. The van der Waals surface area contributed by atoms with Crippen LogP contribution >= 0.6 is 0 Å². The molecule has 0 aliphatic carbocycles. The lowest BCUT2D eigenvalue weighted by molar-refractivity contribution is -0.148. The van der Waals surface area contributed by atoms with Crippen LogP contribution < -0.4 is 5.32 Å². The van der Waals surface area contributed by atoms with Crippen molar-refractivity contribution in [2.45, 2.75) is 72.1 Å². The minimum Gasteiger partial charge on any atom is -0.507 e. The summed E-state index contributed by atoms with van der Waals surface area (Å²) in [6.45, 7) is 13.3. The number of aryl methyl sites for hydroxylation is 1. The van der Waals surface area contributed by atoms with Gasteiger partial charge in [-0.05, 0) is 40.9 Å². The molecule has 0 radical (unpaired) electrons. The molecule has 7 heteroatoms. The van der Waals surface area contributed by atoms with Gasteiger partial charge in [0.15, 0.2) is 6.61 Å². The summed E-state index contributed by atoms with van der Waals surface area (Å²) in [6, 6.07) is 3.82. The summed E-state index contributed by atoms with van der Waals surface area (Å²) in [6.07, 6.45) is -0.392. The van der Waals surface area contributed by atoms with Crippen LogP contribution in [0.1, 0.15) is 71.6 Å². The van der Waals surface area contributed by atoms with E-state index < -0.39 is 24.6 Å². The average molecular weight is 408 g/mol. The van der Waals surface area contributed by atoms with Crippen molar-refractivity contribution < 1.29 is 29.0 Å². The molecule has 1 aromatic carbocycles. The number of esters is 1. The fourth-order valence-electron chi connectivity index (χ4n) is 2.76. The number of aromatic hydroxyl groups is 1. The van der Waals surface area contributed by atoms with E-state index in [0.29, 0.717) is 6.42 Å². The number of phenols is 1. The number of alkyl carbamates (subject to hydrolysis) is 1. The van der Waals surface area contributed by atoms with Gasteiger partial charge < -0.3 is 14.6 Å². The quantitative estimate of drug-likeness (QED) is 0.697. The maximum atomic E-state index is 12.0. The molecule has 0 atom stereocenters. The Morgan fingerprint density at radius 3 is 1.93 bits per heavy atom. The smallest absolute Gasteiger partial charge is 0.413 e. The number of amides is 2. The maximum absolute atomic E-state index is 12.0. The molecular formula is C22H33NO6. The van der Waals surface area contributed by atoms with Crippen LogP contribution in [-0.4, -0.2) is 36.3 Å². The number of phenolic OH excluding ortho intramolecular Hbond substituents is 1. The molecule has 0 saturated heterocycles. The van der Waals surface area contributed by atoms with Crippen LogP contribution in [-0.2, 0) is 36.3 Å². The van der Waals surface area contributed by atoms with Gasteiger partial charge in [0.05, 0.1) is 6.61 Å². The van der Waals surface area contributed by atoms with Gasteiger partial charge >= 0.3 is 12.1 Å². The minimum atomic E-state index is -0.873. The van der Waals surface area contributed by atoms with E-state index in [0.717, 1.165) is 16.7 Å². The van der Waals surface area contributed by atoms with E-state index in [-0.39, 0.29) is 29.6 Å². The van der Waals surface area contributed by atoms with E-state index in [2.05, 4.69) is 4.74 Å². The Bertz CT molecular complexity index is 721. The Labute approximate surface area is 172 Å². The van der Waals surface area contributed by atoms with Gasteiger partial charge in [0.1, 0.15) is 5.75 Å². The van der Waals surface area contributed by atoms with Gasteiger partial charge in [-0.3, -0.25) is 14.9 Å². The van der Waals surface area contributed by atoms with Crippen LogP contribution in [0.5, 0.6) is 5.75 Å². The SMILES string of the molecule is CCOC(=O)NC(=O)COC(=O)CCc1cc(C(C)(C)C)c(O)c(C(C)(C)C)c1. The Hall–Kier alpha value is -2.57. The molecule has 0 aliphatic heterocycles. The fourth-order valence-corrected chi connectivity index (χ4v) is 2.76. The van der Waals surface area contributed by atoms with Crippen molar-refractivity contribution in [3.8, 4) is 5.75 Å². The molecule has 0 heterocycles. The van der Waals surface area contributed by atoms with Crippen LogP contribution in [0, 0.1) is 0 Å². The summed E-state index contributed by atoms with van der Waals surface area (Å²) in [5.74, 6) is -1.01.